The Balaban J connectivity index is 2.02. The van der Waals surface area contributed by atoms with Crippen molar-refractivity contribution >= 4 is 5.96 Å². The molecule has 0 aliphatic rings. The van der Waals surface area contributed by atoms with Gasteiger partial charge in [0, 0.05) is 37.5 Å². The zero-order valence-corrected chi connectivity index (χ0v) is 18.1. The molecule has 0 aliphatic carbocycles. The zero-order chi connectivity index (χ0) is 21.3. The summed E-state index contributed by atoms with van der Waals surface area (Å²) >= 11 is 0. The molecular formula is C21H34N6O2. The molecule has 8 heteroatoms. The number of hydrogen-bond acceptors (Lipinski definition) is 5. The normalized spacial score (nSPS) is 14.0. The number of likely N-dealkylation sites (N-methyl/N-ethyl adjacent to an activating group) is 1. The number of para-hydroxylation sites is 1. The van der Waals surface area contributed by atoms with E-state index < -0.39 is 5.60 Å². The molecule has 0 fully saturated rings. The molecule has 1 aromatic heterocycles. The van der Waals surface area contributed by atoms with E-state index in [1.165, 1.54) is 0 Å². The lowest BCUT2D eigenvalue weighted by Crippen LogP contribution is -2.44. The molecule has 2 aromatic rings. The van der Waals surface area contributed by atoms with Gasteiger partial charge in [0.1, 0.15) is 18.0 Å². The van der Waals surface area contributed by atoms with Crippen LogP contribution in [0.4, 0.5) is 0 Å². The van der Waals surface area contributed by atoms with Crippen LogP contribution < -0.4 is 15.4 Å². The molecule has 1 atom stereocenters. The zero-order valence-electron chi connectivity index (χ0n) is 18.1. The molecule has 2 rings (SSSR count). The Bertz CT molecular complexity index is 785. The van der Waals surface area contributed by atoms with Gasteiger partial charge in [-0.3, -0.25) is 4.68 Å². The average molecular weight is 403 g/mol. The van der Waals surface area contributed by atoms with Gasteiger partial charge >= 0.3 is 0 Å². The van der Waals surface area contributed by atoms with E-state index in [9.17, 15) is 5.11 Å². The van der Waals surface area contributed by atoms with Crippen LogP contribution >= 0.6 is 0 Å². The quantitative estimate of drug-likeness (QED) is 0.411. The maximum absolute atomic E-state index is 10.8. The van der Waals surface area contributed by atoms with Crippen molar-refractivity contribution in [3.63, 3.8) is 0 Å². The van der Waals surface area contributed by atoms with E-state index in [0.717, 1.165) is 30.0 Å². The highest BCUT2D eigenvalue weighted by Crippen LogP contribution is 2.20. The van der Waals surface area contributed by atoms with Gasteiger partial charge in [0.2, 0.25) is 0 Å². The second-order valence-corrected chi connectivity index (χ2v) is 7.48. The van der Waals surface area contributed by atoms with Crippen molar-refractivity contribution in [2.45, 2.75) is 26.0 Å². The lowest BCUT2D eigenvalue weighted by Gasteiger charge is -2.23. The van der Waals surface area contributed by atoms with E-state index in [-0.39, 0.29) is 0 Å². The van der Waals surface area contributed by atoms with E-state index in [2.05, 4.69) is 25.6 Å². The molecule has 0 saturated carbocycles. The third-order valence-corrected chi connectivity index (χ3v) is 4.45. The van der Waals surface area contributed by atoms with Crippen molar-refractivity contribution in [2.75, 3.05) is 40.3 Å². The van der Waals surface area contributed by atoms with Gasteiger partial charge in [0.05, 0.1) is 19.3 Å². The SMILES string of the molecule is CCNC(=NCc1ccccc1OCCN(C)C)NCC(C)(O)c1cnn(C)c1. The minimum atomic E-state index is -1.06. The highest BCUT2D eigenvalue weighted by atomic mass is 16.5. The molecule has 1 aromatic carbocycles. The van der Waals surface area contributed by atoms with Gasteiger partial charge in [-0.1, -0.05) is 18.2 Å². The fourth-order valence-electron chi connectivity index (χ4n) is 2.68. The predicted molar refractivity (Wildman–Crippen MR) is 116 cm³/mol. The first-order chi connectivity index (χ1) is 13.8. The smallest absolute Gasteiger partial charge is 0.191 e. The number of benzene rings is 1. The Kier molecular flexibility index (Phi) is 8.48. The topological polar surface area (TPSA) is 86.9 Å². The summed E-state index contributed by atoms with van der Waals surface area (Å²) in [6, 6.07) is 7.93. The number of rotatable bonds is 10. The third-order valence-electron chi connectivity index (χ3n) is 4.45. The lowest BCUT2D eigenvalue weighted by molar-refractivity contribution is 0.0616. The molecule has 8 nitrogen and oxygen atoms in total. The number of nitrogens with one attached hydrogen (secondary N) is 2. The van der Waals surface area contributed by atoms with Crippen LogP contribution in [0.5, 0.6) is 5.75 Å². The van der Waals surface area contributed by atoms with E-state index in [4.69, 9.17) is 4.74 Å². The molecule has 160 valence electrons. The van der Waals surface area contributed by atoms with E-state index in [1.54, 1.807) is 17.8 Å². The minimum absolute atomic E-state index is 0.311. The van der Waals surface area contributed by atoms with Crippen LogP contribution in [0.1, 0.15) is 25.0 Å². The van der Waals surface area contributed by atoms with Crippen LogP contribution in [-0.2, 0) is 19.2 Å². The minimum Gasteiger partial charge on any atom is -0.492 e. The van der Waals surface area contributed by atoms with Gasteiger partial charge in [-0.15, -0.1) is 0 Å². The van der Waals surface area contributed by atoms with Crippen LogP contribution in [0, 0.1) is 0 Å². The van der Waals surface area contributed by atoms with Crippen molar-refractivity contribution < 1.29 is 9.84 Å². The Morgan fingerprint density at radius 2 is 2.07 bits per heavy atom. The van der Waals surface area contributed by atoms with Crippen LogP contribution in [0.15, 0.2) is 41.7 Å². The number of hydrogen-bond donors (Lipinski definition) is 3. The van der Waals surface area contributed by atoms with Crippen LogP contribution in [0.25, 0.3) is 0 Å². The van der Waals surface area contributed by atoms with Crippen LogP contribution in [-0.4, -0.2) is 66.1 Å². The standard InChI is InChI=1S/C21H34N6O2/c1-6-22-20(24-16-21(2,28)18-14-25-27(5)15-18)23-13-17-9-7-8-10-19(17)29-12-11-26(3)4/h7-10,14-15,28H,6,11-13,16H2,1-5H3,(H2,22,23,24). The summed E-state index contributed by atoms with van der Waals surface area (Å²) in [7, 11) is 5.87. The summed E-state index contributed by atoms with van der Waals surface area (Å²) in [5.74, 6) is 1.48. The molecule has 0 radical (unpaired) electrons. The third kappa shape index (κ3) is 7.40. The van der Waals surface area contributed by atoms with Crippen LogP contribution in [0.3, 0.4) is 0 Å². The second kappa shape index (κ2) is 10.8. The van der Waals surface area contributed by atoms with E-state index >= 15 is 0 Å². The molecule has 29 heavy (non-hydrogen) atoms. The van der Waals surface area contributed by atoms with Gasteiger partial charge in [-0.05, 0) is 34.0 Å². The summed E-state index contributed by atoms with van der Waals surface area (Å²) < 4.78 is 7.59. The van der Waals surface area contributed by atoms with Crippen LogP contribution in [0.2, 0.25) is 0 Å². The first-order valence-electron chi connectivity index (χ1n) is 9.91. The largest absolute Gasteiger partial charge is 0.492 e. The average Bonchev–Trinajstić information content (AvgIpc) is 3.12. The fourth-order valence-corrected chi connectivity index (χ4v) is 2.68. The molecule has 0 saturated heterocycles. The van der Waals surface area contributed by atoms with Crippen molar-refractivity contribution in [2.24, 2.45) is 12.0 Å². The van der Waals surface area contributed by atoms with Gasteiger partial charge in [0.15, 0.2) is 5.96 Å². The maximum Gasteiger partial charge on any atom is 0.191 e. The van der Waals surface area contributed by atoms with E-state index in [0.29, 0.717) is 25.7 Å². The Labute approximate surface area is 173 Å². The number of aryl methyl sites for hydroxylation is 1. The Hall–Kier alpha value is -2.58. The number of aliphatic hydroxyl groups is 1. The van der Waals surface area contributed by atoms with Crippen molar-refractivity contribution in [3.8, 4) is 5.75 Å². The molecule has 0 spiro atoms. The Morgan fingerprint density at radius 1 is 1.31 bits per heavy atom. The maximum atomic E-state index is 10.8. The summed E-state index contributed by atoms with van der Waals surface area (Å²) in [5.41, 5.74) is 0.711. The number of ether oxygens (including phenoxy) is 1. The molecule has 0 aliphatic heterocycles. The molecule has 0 bridgehead atoms. The van der Waals surface area contributed by atoms with Crippen molar-refractivity contribution in [1.29, 1.82) is 0 Å². The van der Waals surface area contributed by atoms with Gasteiger partial charge in [-0.25, -0.2) is 4.99 Å². The summed E-state index contributed by atoms with van der Waals surface area (Å²) in [4.78, 5) is 6.75. The first-order valence-corrected chi connectivity index (χ1v) is 9.91. The number of aliphatic imine (C=N–C) groups is 1. The fraction of sp³-hybridized carbons (Fsp3) is 0.524. The number of guanidine groups is 1. The number of nitrogens with zero attached hydrogens (tertiary/aromatic N) is 4. The van der Waals surface area contributed by atoms with Gasteiger partial charge in [-0.2, -0.15) is 5.10 Å². The highest BCUT2D eigenvalue weighted by molar-refractivity contribution is 5.79. The van der Waals surface area contributed by atoms with Gasteiger partial charge < -0.3 is 25.4 Å². The molecule has 0 amide bonds. The summed E-state index contributed by atoms with van der Waals surface area (Å²) in [5, 5.41) is 21.3. The highest BCUT2D eigenvalue weighted by Gasteiger charge is 2.25. The molecule has 1 heterocycles. The monoisotopic (exact) mass is 402 g/mol. The summed E-state index contributed by atoms with van der Waals surface area (Å²) in [6.45, 7) is 6.75. The molecule has 3 N–H and O–H groups in total. The summed E-state index contributed by atoms with van der Waals surface area (Å²) in [6.07, 6.45) is 3.49. The van der Waals surface area contributed by atoms with Crippen molar-refractivity contribution in [3.05, 3.63) is 47.8 Å². The van der Waals surface area contributed by atoms with E-state index in [1.807, 2.05) is 58.5 Å². The lowest BCUT2D eigenvalue weighted by atomic mass is 10.00. The number of aromatic nitrogens is 2. The van der Waals surface area contributed by atoms with Crippen molar-refractivity contribution in [1.82, 2.24) is 25.3 Å². The van der Waals surface area contributed by atoms with Gasteiger partial charge in [0.25, 0.3) is 0 Å². The second-order valence-electron chi connectivity index (χ2n) is 7.48. The first kappa shape index (κ1) is 22.7. The molecular weight excluding hydrogens is 368 g/mol. The Morgan fingerprint density at radius 3 is 2.72 bits per heavy atom. The molecule has 1 unspecified atom stereocenters. The predicted octanol–water partition coefficient (Wildman–Crippen LogP) is 1.32.